The standard InChI is InChI=1S/C16H15NO3/c1-10-4-5-13(8-16(10)17(19)20)15-7-11(2)14(9-18)6-12(15)3/h4-9H,1-3H3. The van der Waals surface area contributed by atoms with Crippen LogP contribution in [0.3, 0.4) is 0 Å². The average molecular weight is 269 g/mol. The molecule has 2 aromatic carbocycles. The van der Waals surface area contributed by atoms with Gasteiger partial charge in [-0.3, -0.25) is 14.9 Å². The van der Waals surface area contributed by atoms with Crippen molar-refractivity contribution in [2.75, 3.05) is 0 Å². The number of aldehydes is 1. The highest BCUT2D eigenvalue weighted by molar-refractivity contribution is 5.81. The van der Waals surface area contributed by atoms with Gasteiger partial charge in [-0.25, -0.2) is 0 Å². The van der Waals surface area contributed by atoms with Crippen molar-refractivity contribution in [2.45, 2.75) is 20.8 Å². The van der Waals surface area contributed by atoms with E-state index in [1.54, 1.807) is 19.1 Å². The molecule has 0 bridgehead atoms. The molecule has 20 heavy (non-hydrogen) atoms. The largest absolute Gasteiger partial charge is 0.298 e. The summed E-state index contributed by atoms with van der Waals surface area (Å²) in [6.45, 7) is 5.47. The quantitative estimate of drug-likeness (QED) is 0.480. The zero-order chi connectivity index (χ0) is 14.9. The molecule has 0 radical (unpaired) electrons. The van der Waals surface area contributed by atoms with Gasteiger partial charge in [0, 0.05) is 17.2 Å². The summed E-state index contributed by atoms with van der Waals surface area (Å²) in [5, 5.41) is 11.0. The van der Waals surface area contributed by atoms with Crippen molar-refractivity contribution < 1.29 is 9.72 Å². The van der Waals surface area contributed by atoms with Crippen LogP contribution >= 0.6 is 0 Å². The SMILES string of the molecule is Cc1cc(-c2ccc(C)c([N+](=O)[O-])c2)c(C)cc1C=O. The highest BCUT2D eigenvalue weighted by atomic mass is 16.6. The summed E-state index contributed by atoms with van der Waals surface area (Å²) in [5.41, 5.74) is 4.89. The molecule has 102 valence electrons. The summed E-state index contributed by atoms with van der Waals surface area (Å²) in [6, 6.07) is 8.90. The van der Waals surface area contributed by atoms with Crippen LogP contribution in [0, 0.1) is 30.9 Å². The maximum Gasteiger partial charge on any atom is 0.272 e. The monoisotopic (exact) mass is 269 g/mol. The van der Waals surface area contributed by atoms with Crippen molar-refractivity contribution in [3.8, 4) is 11.1 Å². The Morgan fingerprint density at radius 1 is 1.00 bits per heavy atom. The van der Waals surface area contributed by atoms with Crippen molar-refractivity contribution in [3.63, 3.8) is 0 Å². The fourth-order valence-corrected chi connectivity index (χ4v) is 2.25. The van der Waals surface area contributed by atoms with Gasteiger partial charge in [-0.05, 0) is 49.1 Å². The molecular weight excluding hydrogens is 254 g/mol. The molecule has 4 heteroatoms. The van der Waals surface area contributed by atoms with Gasteiger partial charge in [0.05, 0.1) is 4.92 Å². The number of nitro groups is 1. The van der Waals surface area contributed by atoms with Crippen molar-refractivity contribution in [1.29, 1.82) is 0 Å². The second-order valence-corrected chi connectivity index (χ2v) is 4.90. The Morgan fingerprint density at radius 2 is 1.70 bits per heavy atom. The Bertz CT molecular complexity index is 705. The maximum absolute atomic E-state index is 11.0. The fourth-order valence-electron chi connectivity index (χ4n) is 2.25. The lowest BCUT2D eigenvalue weighted by Crippen LogP contribution is -1.95. The third-order valence-electron chi connectivity index (χ3n) is 3.46. The third-order valence-corrected chi connectivity index (χ3v) is 3.46. The Morgan fingerprint density at radius 3 is 2.30 bits per heavy atom. The highest BCUT2D eigenvalue weighted by Gasteiger charge is 2.13. The van der Waals surface area contributed by atoms with E-state index in [9.17, 15) is 14.9 Å². The zero-order valence-corrected chi connectivity index (χ0v) is 11.6. The lowest BCUT2D eigenvalue weighted by atomic mass is 9.94. The first-order valence-corrected chi connectivity index (χ1v) is 6.26. The minimum atomic E-state index is -0.374. The first kappa shape index (κ1) is 13.9. The Hall–Kier alpha value is -2.49. The number of hydrogen-bond donors (Lipinski definition) is 0. The van der Waals surface area contributed by atoms with E-state index < -0.39 is 0 Å². The van der Waals surface area contributed by atoms with Crippen LogP contribution in [-0.2, 0) is 0 Å². The van der Waals surface area contributed by atoms with E-state index >= 15 is 0 Å². The van der Waals surface area contributed by atoms with E-state index in [2.05, 4.69) is 0 Å². The molecule has 0 fully saturated rings. The molecule has 0 aromatic heterocycles. The van der Waals surface area contributed by atoms with Crippen molar-refractivity contribution in [1.82, 2.24) is 0 Å². The molecule has 0 amide bonds. The maximum atomic E-state index is 11.0. The van der Waals surface area contributed by atoms with Crippen LogP contribution in [-0.4, -0.2) is 11.2 Å². The fraction of sp³-hybridized carbons (Fsp3) is 0.188. The summed E-state index contributed by atoms with van der Waals surface area (Å²) < 4.78 is 0. The van der Waals surface area contributed by atoms with Gasteiger partial charge >= 0.3 is 0 Å². The smallest absolute Gasteiger partial charge is 0.272 e. The van der Waals surface area contributed by atoms with E-state index in [1.165, 1.54) is 0 Å². The lowest BCUT2D eigenvalue weighted by molar-refractivity contribution is -0.385. The number of rotatable bonds is 3. The van der Waals surface area contributed by atoms with Crippen LogP contribution in [0.5, 0.6) is 0 Å². The first-order chi connectivity index (χ1) is 9.43. The summed E-state index contributed by atoms with van der Waals surface area (Å²) >= 11 is 0. The van der Waals surface area contributed by atoms with Crippen molar-refractivity contribution in [3.05, 3.63) is 62.7 Å². The summed E-state index contributed by atoms with van der Waals surface area (Å²) in [5.74, 6) is 0. The second kappa shape index (κ2) is 5.25. The molecule has 0 saturated heterocycles. The number of aryl methyl sites for hydroxylation is 3. The van der Waals surface area contributed by atoms with Crippen LogP contribution in [0.2, 0.25) is 0 Å². The normalized spacial score (nSPS) is 10.3. The number of nitrogens with zero attached hydrogens (tertiary/aromatic N) is 1. The average Bonchev–Trinajstić information content (AvgIpc) is 2.41. The predicted octanol–water partition coefficient (Wildman–Crippen LogP) is 4.00. The molecule has 0 aliphatic carbocycles. The van der Waals surface area contributed by atoms with Crippen LogP contribution in [0.15, 0.2) is 30.3 Å². The van der Waals surface area contributed by atoms with E-state index in [0.29, 0.717) is 11.1 Å². The van der Waals surface area contributed by atoms with Crippen molar-refractivity contribution >= 4 is 12.0 Å². The van der Waals surface area contributed by atoms with Crippen LogP contribution in [0.1, 0.15) is 27.0 Å². The van der Waals surface area contributed by atoms with E-state index in [-0.39, 0.29) is 10.6 Å². The molecule has 0 N–H and O–H groups in total. The number of nitro benzene ring substituents is 1. The molecule has 0 aliphatic heterocycles. The van der Waals surface area contributed by atoms with Crippen molar-refractivity contribution in [2.24, 2.45) is 0 Å². The number of hydrogen-bond acceptors (Lipinski definition) is 3. The molecule has 0 heterocycles. The van der Waals surface area contributed by atoms with Crippen LogP contribution < -0.4 is 0 Å². The molecular formula is C16H15NO3. The van der Waals surface area contributed by atoms with Gasteiger partial charge < -0.3 is 0 Å². The molecule has 2 rings (SSSR count). The van der Waals surface area contributed by atoms with Gasteiger partial charge in [0.15, 0.2) is 0 Å². The molecule has 0 aliphatic rings. The van der Waals surface area contributed by atoms with Gasteiger partial charge in [0.25, 0.3) is 5.69 Å². The summed E-state index contributed by atoms with van der Waals surface area (Å²) in [4.78, 5) is 21.6. The van der Waals surface area contributed by atoms with E-state index in [0.717, 1.165) is 28.5 Å². The third kappa shape index (κ3) is 2.45. The minimum Gasteiger partial charge on any atom is -0.298 e. The number of carbonyl (C=O) groups is 1. The molecule has 4 nitrogen and oxygen atoms in total. The van der Waals surface area contributed by atoms with Gasteiger partial charge in [-0.2, -0.15) is 0 Å². The molecule has 2 aromatic rings. The highest BCUT2D eigenvalue weighted by Crippen LogP contribution is 2.30. The zero-order valence-electron chi connectivity index (χ0n) is 11.6. The van der Waals surface area contributed by atoms with Gasteiger partial charge in [0.1, 0.15) is 6.29 Å². The lowest BCUT2D eigenvalue weighted by Gasteiger charge is -2.10. The van der Waals surface area contributed by atoms with E-state index in [4.69, 9.17) is 0 Å². The van der Waals surface area contributed by atoms with Gasteiger partial charge in [0.2, 0.25) is 0 Å². The van der Waals surface area contributed by atoms with Crippen LogP contribution in [0.25, 0.3) is 11.1 Å². The summed E-state index contributed by atoms with van der Waals surface area (Å²) in [6.07, 6.45) is 0.823. The number of carbonyl (C=O) groups excluding carboxylic acids is 1. The molecule has 0 unspecified atom stereocenters. The summed E-state index contributed by atoms with van der Waals surface area (Å²) in [7, 11) is 0. The Kier molecular flexibility index (Phi) is 3.66. The molecule has 0 saturated carbocycles. The first-order valence-electron chi connectivity index (χ1n) is 6.26. The van der Waals surface area contributed by atoms with Gasteiger partial charge in [-0.1, -0.05) is 18.2 Å². The Balaban J connectivity index is 2.63. The molecule has 0 spiro atoms. The van der Waals surface area contributed by atoms with E-state index in [1.807, 2.05) is 32.0 Å². The number of benzene rings is 2. The minimum absolute atomic E-state index is 0.110. The predicted molar refractivity (Wildman–Crippen MR) is 78.1 cm³/mol. The topological polar surface area (TPSA) is 60.2 Å². The van der Waals surface area contributed by atoms with Crippen LogP contribution in [0.4, 0.5) is 5.69 Å². The Labute approximate surface area is 117 Å². The van der Waals surface area contributed by atoms with Gasteiger partial charge in [-0.15, -0.1) is 0 Å². The molecule has 0 atom stereocenters. The second-order valence-electron chi connectivity index (χ2n) is 4.90.